The van der Waals surface area contributed by atoms with Gasteiger partial charge in [-0.25, -0.2) is 4.79 Å². The minimum Gasteiger partial charge on any atom is -0.479 e. The largest absolute Gasteiger partial charge is 0.479 e. The van der Waals surface area contributed by atoms with E-state index in [0.29, 0.717) is 12.2 Å². The van der Waals surface area contributed by atoms with Crippen LogP contribution in [0.25, 0.3) is 0 Å². The molecule has 2 aromatic rings. The lowest BCUT2D eigenvalue weighted by atomic mass is 9.95. The molecule has 0 aliphatic heterocycles. The van der Waals surface area contributed by atoms with Crippen LogP contribution in [0.15, 0.2) is 70.0 Å². The fraction of sp³-hybridized carbons (Fsp3) is 0.318. The van der Waals surface area contributed by atoms with E-state index in [0.717, 1.165) is 29.1 Å². The lowest BCUT2D eigenvalue weighted by Crippen LogP contribution is -2.27. The fourth-order valence-corrected chi connectivity index (χ4v) is 4.02. The summed E-state index contributed by atoms with van der Waals surface area (Å²) in [6, 6.07) is 13.6. The molecule has 3 rings (SSSR count). The van der Waals surface area contributed by atoms with Crippen LogP contribution in [0.2, 0.25) is 0 Å². The average Bonchev–Trinajstić information content (AvgIpc) is 2.73. The molecule has 1 unspecified atom stereocenters. The first-order chi connectivity index (χ1) is 14.0. The Bertz CT molecular complexity index is 877. The molecule has 0 amide bonds. The Balaban J connectivity index is 1.56. The molecule has 2 aromatic carbocycles. The minimum atomic E-state index is -0.953. The number of carboxylic acid groups (broad SMARTS) is 1. The fourth-order valence-electron chi connectivity index (χ4n) is 3.20. The lowest BCUT2D eigenvalue weighted by Gasteiger charge is -2.18. The van der Waals surface area contributed by atoms with Gasteiger partial charge in [0.25, 0.3) is 5.69 Å². The first kappa shape index (κ1) is 20.9. The summed E-state index contributed by atoms with van der Waals surface area (Å²) in [5.74, 6) is -0.436. The predicted octanol–water partition coefficient (Wildman–Crippen LogP) is 5.86. The van der Waals surface area contributed by atoms with Crippen molar-refractivity contribution in [2.45, 2.75) is 54.4 Å². The zero-order valence-corrected chi connectivity index (χ0v) is 16.8. The van der Waals surface area contributed by atoms with Crippen molar-refractivity contribution < 1.29 is 19.6 Å². The highest BCUT2D eigenvalue weighted by molar-refractivity contribution is 7.99. The van der Waals surface area contributed by atoms with E-state index in [-0.39, 0.29) is 5.69 Å². The summed E-state index contributed by atoms with van der Waals surface area (Å²) in [5.41, 5.74) is 1.39. The molecule has 1 aliphatic carbocycles. The Morgan fingerprint density at radius 2 is 1.76 bits per heavy atom. The summed E-state index contributed by atoms with van der Waals surface area (Å²) in [6.07, 6.45) is 7.11. The lowest BCUT2D eigenvalue weighted by molar-refractivity contribution is -0.384. The number of nitro groups is 1. The van der Waals surface area contributed by atoms with Crippen molar-refractivity contribution in [3.63, 3.8) is 0 Å². The highest BCUT2D eigenvalue weighted by atomic mass is 32.2. The van der Waals surface area contributed by atoms with Gasteiger partial charge < -0.3 is 9.84 Å². The van der Waals surface area contributed by atoms with Gasteiger partial charge in [-0.2, -0.15) is 0 Å². The van der Waals surface area contributed by atoms with Crippen LogP contribution in [-0.4, -0.2) is 22.1 Å². The van der Waals surface area contributed by atoms with Crippen LogP contribution in [0.3, 0.4) is 0 Å². The summed E-state index contributed by atoms with van der Waals surface area (Å²) in [7, 11) is 0. The number of allylic oxidation sites excluding steroid dienone is 2. The van der Waals surface area contributed by atoms with E-state index in [2.05, 4.69) is 6.08 Å². The SMILES string of the molecule is O=C(O)C(CCC1=CCCCC1)Oc1ccc(Sc2ccc([N+](=O)[O-])cc2)cc1. The second-order valence-electron chi connectivity index (χ2n) is 6.92. The molecular formula is C22H23NO5S. The molecule has 29 heavy (non-hydrogen) atoms. The normalized spacial score (nSPS) is 14.7. The minimum absolute atomic E-state index is 0.0572. The Morgan fingerprint density at radius 1 is 1.10 bits per heavy atom. The van der Waals surface area contributed by atoms with Crippen LogP contribution in [0.4, 0.5) is 5.69 Å². The highest BCUT2D eigenvalue weighted by Gasteiger charge is 2.20. The van der Waals surface area contributed by atoms with E-state index in [1.807, 2.05) is 12.1 Å². The summed E-state index contributed by atoms with van der Waals surface area (Å²) in [5, 5.41) is 20.2. The maximum absolute atomic E-state index is 11.6. The van der Waals surface area contributed by atoms with Crippen LogP contribution < -0.4 is 4.74 Å². The van der Waals surface area contributed by atoms with Crippen molar-refractivity contribution in [1.82, 2.24) is 0 Å². The number of nitrogens with zero attached hydrogens (tertiary/aromatic N) is 1. The van der Waals surface area contributed by atoms with Crippen molar-refractivity contribution in [3.05, 3.63) is 70.3 Å². The molecule has 1 aliphatic rings. The molecule has 7 heteroatoms. The molecular weight excluding hydrogens is 390 g/mol. The number of hydrogen-bond acceptors (Lipinski definition) is 5. The van der Waals surface area contributed by atoms with E-state index in [4.69, 9.17) is 4.74 Å². The van der Waals surface area contributed by atoms with Gasteiger partial charge in [0.2, 0.25) is 0 Å². The van der Waals surface area contributed by atoms with Gasteiger partial charge in [0.1, 0.15) is 5.75 Å². The highest BCUT2D eigenvalue weighted by Crippen LogP contribution is 2.30. The van der Waals surface area contributed by atoms with Gasteiger partial charge in [-0.05, 0) is 74.9 Å². The van der Waals surface area contributed by atoms with Crippen LogP contribution >= 0.6 is 11.8 Å². The van der Waals surface area contributed by atoms with Crippen LogP contribution in [-0.2, 0) is 4.79 Å². The third-order valence-corrected chi connectivity index (χ3v) is 5.79. The maximum atomic E-state index is 11.6. The average molecular weight is 413 g/mol. The second kappa shape index (κ2) is 10.1. The van der Waals surface area contributed by atoms with E-state index in [9.17, 15) is 20.0 Å². The topological polar surface area (TPSA) is 89.7 Å². The third-order valence-electron chi connectivity index (χ3n) is 4.77. The molecule has 1 atom stereocenters. The molecule has 0 aromatic heterocycles. The molecule has 0 radical (unpaired) electrons. The second-order valence-corrected chi connectivity index (χ2v) is 8.06. The van der Waals surface area contributed by atoms with Gasteiger partial charge in [-0.3, -0.25) is 10.1 Å². The van der Waals surface area contributed by atoms with Crippen LogP contribution in [0.1, 0.15) is 38.5 Å². The molecule has 0 saturated heterocycles. The van der Waals surface area contributed by atoms with E-state index in [1.165, 1.54) is 42.3 Å². The van der Waals surface area contributed by atoms with E-state index in [1.54, 1.807) is 24.3 Å². The van der Waals surface area contributed by atoms with Crippen LogP contribution in [0, 0.1) is 10.1 Å². The molecule has 0 heterocycles. The Labute approximate surface area is 173 Å². The van der Waals surface area contributed by atoms with Crippen molar-refractivity contribution in [2.75, 3.05) is 0 Å². The number of ether oxygens (including phenoxy) is 1. The first-order valence-corrected chi connectivity index (χ1v) is 10.4. The third kappa shape index (κ3) is 6.35. The van der Waals surface area contributed by atoms with Crippen molar-refractivity contribution in [3.8, 4) is 5.75 Å². The zero-order valence-electron chi connectivity index (χ0n) is 16.0. The Morgan fingerprint density at radius 3 is 2.31 bits per heavy atom. The Hall–Kier alpha value is -2.80. The summed E-state index contributed by atoms with van der Waals surface area (Å²) in [4.78, 5) is 23.7. The standard InChI is InChI=1S/C22H23NO5S/c24-22(25)21(15-6-16-4-2-1-3-5-16)28-18-9-13-20(14-10-18)29-19-11-7-17(8-12-19)23(26)27/h4,7-14,21H,1-3,5-6,15H2,(H,24,25). The van der Waals surface area contributed by atoms with Crippen molar-refractivity contribution in [2.24, 2.45) is 0 Å². The monoisotopic (exact) mass is 413 g/mol. The van der Waals surface area contributed by atoms with Gasteiger partial charge in [0.05, 0.1) is 4.92 Å². The van der Waals surface area contributed by atoms with Gasteiger partial charge in [-0.1, -0.05) is 23.4 Å². The smallest absolute Gasteiger partial charge is 0.344 e. The molecule has 0 fully saturated rings. The quantitative estimate of drug-likeness (QED) is 0.315. The predicted molar refractivity (Wildman–Crippen MR) is 111 cm³/mol. The number of carbonyl (C=O) groups is 1. The van der Waals surface area contributed by atoms with Gasteiger partial charge >= 0.3 is 5.97 Å². The maximum Gasteiger partial charge on any atom is 0.344 e. The molecule has 1 N–H and O–H groups in total. The number of benzene rings is 2. The zero-order chi connectivity index (χ0) is 20.6. The van der Waals surface area contributed by atoms with Crippen molar-refractivity contribution in [1.29, 1.82) is 0 Å². The molecule has 152 valence electrons. The van der Waals surface area contributed by atoms with E-state index >= 15 is 0 Å². The summed E-state index contributed by atoms with van der Waals surface area (Å²) >= 11 is 1.47. The summed E-state index contributed by atoms with van der Waals surface area (Å²) < 4.78 is 5.70. The number of rotatable bonds is 9. The molecule has 6 nitrogen and oxygen atoms in total. The van der Waals surface area contributed by atoms with Gasteiger partial charge in [0.15, 0.2) is 6.10 Å². The van der Waals surface area contributed by atoms with Crippen molar-refractivity contribution >= 4 is 23.4 Å². The van der Waals surface area contributed by atoms with E-state index < -0.39 is 17.0 Å². The number of nitro benzene ring substituents is 1. The number of hydrogen-bond donors (Lipinski definition) is 1. The first-order valence-electron chi connectivity index (χ1n) is 9.61. The van der Waals surface area contributed by atoms with Crippen LogP contribution in [0.5, 0.6) is 5.75 Å². The van der Waals surface area contributed by atoms with Gasteiger partial charge in [0, 0.05) is 21.9 Å². The number of non-ortho nitro benzene ring substituents is 1. The molecule has 0 bridgehead atoms. The molecule has 0 saturated carbocycles. The van der Waals surface area contributed by atoms with Gasteiger partial charge in [-0.15, -0.1) is 0 Å². The Kier molecular flexibility index (Phi) is 7.30. The summed E-state index contributed by atoms with van der Waals surface area (Å²) in [6.45, 7) is 0. The molecule has 0 spiro atoms. The number of aliphatic carboxylic acids is 1. The number of carboxylic acids is 1.